The average Bonchev–Trinajstić information content (AvgIpc) is 3.11. The molecule has 0 saturated carbocycles. The maximum Gasteiger partial charge on any atom is 0.354 e. The van der Waals surface area contributed by atoms with E-state index in [9.17, 15) is 31.5 Å². The molecule has 5 nitrogen and oxygen atoms in total. The van der Waals surface area contributed by atoms with E-state index in [-0.39, 0.29) is 17.9 Å². The van der Waals surface area contributed by atoms with Crippen LogP contribution in [0.15, 0.2) is 24.3 Å². The second-order valence-corrected chi connectivity index (χ2v) is 5.49. The molecule has 3 aromatic rings. The number of carbonyl (C=O) groups excluding carboxylic acids is 2. The van der Waals surface area contributed by atoms with Gasteiger partial charge in [-0.05, 0) is 31.2 Å². The lowest BCUT2D eigenvalue weighted by molar-refractivity contribution is 0.0520. The zero-order valence-electron chi connectivity index (χ0n) is 14.0. The summed E-state index contributed by atoms with van der Waals surface area (Å²) in [7, 11) is 0. The van der Waals surface area contributed by atoms with E-state index in [0.29, 0.717) is 10.9 Å². The summed E-state index contributed by atoms with van der Waals surface area (Å²) in [6.45, 7) is 1.77. The molecule has 10 heteroatoms. The van der Waals surface area contributed by atoms with Crippen molar-refractivity contribution in [3.05, 3.63) is 64.6 Å². The molecule has 0 aliphatic carbocycles. The second-order valence-electron chi connectivity index (χ2n) is 5.49. The number of fused-ring (bicyclic) bond motifs is 1. The Morgan fingerprint density at radius 3 is 2.11 bits per heavy atom. The van der Waals surface area contributed by atoms with Gasteiger partial charge in [0.25, 0.3) is 0 Å². The van der Waals surface area contributed by atoms with Crippen molar-refractivity contribution < 1.29 is 41.0 Å². The third-order valence-corrected chi connectivity index (χ3v) is 3.72. The quantitative estimate of drug-likeness (QED) is 0.234. The molecule has 0 fully saturated rings. The number of ether oxygens (including phenoxy) is 2. The molecule has 0 atom stereocenters. The summed E-state index contributed by atoms with van der Waals surface area (Å²) < 4.78 is 75.9. The molecule has 0 saturated heterocycles. The van der Waals surface area contributed by atoms with Crippen LogP contribution in [0.3, 0.4) is 0 Å². The number of carbonyl (C=O) groups is 2. The Bertz CT molecular complexity index is 1080. The van der Waals surface area contributed by atoms with E-state index >= 15 is 0 Å². The normalized spacial score (nSPS) is 10.9. The Morgan fingerprint density at radius 1 is 0.893 bits per heavy atom. The van der Waals surface area contributed by atoms with Gasteiger partial charge in [-0.2, -0.15) is 8.78 Å². The summed E-state index contributed by atoms with van der Waals surface area (Å²) in [4.78, 5) is 26.6. The Morgan fingerprint density at radius 2 is 1.50 bits per heavy atom. The van der Waals surface area contributed by atoms with Crippen LogP contribution in [0.4, 0.5) is 22.0 Å². The Labute approximate surface area is 153 Å². The third-order valence-electron chi connectivity index (χ3n) is 3.72. The highest BCUT2D eigenvalue weighted by Crippen LogP contribution is 2.30. The van der Waals surface area contributed by atoms with Gasteiger partial charge in [0.05, 0.1) is 12.2 Å². The number of H-pyrrole nitrogens is 1. The van der Waals surface area contributed by atoms with E-state index in [2.05, 4.69) is 9.72 Å². The number of nitrogens with one attached hydrogen (secondary N) is 1. The van der Waals surface area contributed by atoms with Gasteiger partial charge in [0.2, 0.25) is 34.8 Å². The van der Waals surface area contributed by atoms with Crippen molar-refractivity contribution >= 4 is 22.8 Å². The zero-order valence-corrected chi connectivity index (χ0v) is 14.0. The minimum Gasteiger partial charge on any atom is -0.461 e. The van der Waals surface area contributed by atoms with E-state index in [4.69, 9.17) is 4.74 Å². The Hall–Kier alpha value is -3.43. The van der Waals surface area contributed by atoms with E-state index in [1.807, 2.05) is 0 Å². The summed E-state index contributed by atoms with van der Waals surface area (Å²) in [6.07, 6.45) is 0. The molecule has 3 rings (SSSR count). The van der Waals surface area contributed by atoms with Crippen LogP contribution in [0.25, 0.3) is 10.9 Å². The first-order valence-electron chi connectivity index (χ1n) is 7.78. The van der Waals surface area contributed by atoms with Crippen LogP contribution in [-0.4, -0.2) is 23.5 Å². The molecular formula is C18H10F5NO4. The van der Waals surface area contributed by atoms with Crippen LogP contribution in [0.2, 0.25) is 0 Å². The summed E-state index contributed by atoms with van der Waals surface area (Å²) in [5.74, 6) is -15.1. The van der Waals surface area contributed by atoms with Crippen molar-refractivity contribution in [2.45, 2.75) is 6.92 Å². The molecule has 2 aromatic carbocycles. The average molecular weight is 399 g/mol. The van der Waals surface area contributed by atoms with Gasteiger partial charge in [-0.25, -0.2) is 22.8 Å². The number of hydrogen-bond donors (Lipinski definition) is 1. The van der Waals surface area contributed by atoms with Crippen LogP contribution >= 0.6 is 0 Å². The molecule has 0 aliphatic heterocycles. The number of hydrogen-bond acceptors (Lipinski definition) is 4. The van der Waals surface area contributed by atoms with Crippen LogP contribution in [0.5, 0.6) is 5.75 Å². The minimum atomic E-state index is -2.37. The highest BCUT2D eigenvalue weighted by Gasteiger charge is 2.29. The monoisotopic (exact) mass is 399 g/mol. The minimum absolute atomic E-state index is 0.0992. The first kappa shape index (κ1) is 19.3. The SMILES string of the molecule is CCOC(=O)c1cc2cc(C(=O)Oc3c(F)c(F)c(F)c(F)c3F)ccc2[nH]1. The molecule has 1 N–H and O–H groups in total. The fourth-order valence-corrected chi connectivity index (χ4v) is 2.40. The van der Waals surface area contributed by atoms with Gasteiger partial charge < -0.3 is 14.5 Å². The summed E-state index contributed by atoms with van der Waals surface area (Å²) in [5, 5.41) is 0.356. The number of halogens is 5. The van der Waals surface area contributed by atoms with Crippen molar-refractivity contribution in [1.82, 2.24) is 4.98 Å². The number of rotatable bonds is 4. The molecule has 1 heterocycles. The van der Waals surface area contributed by atoms with Crippen LogP contribution in [0.1, 0.15) is 27.8 Å². The summed E-state index contributed by atoms with van der Waals surface area (Å²) in [6, 6.07) is 5.13. The van der Waals surface area contributed by atoms with Gasteiger partial charge in [-0.3, -0.25) is 0 Å². The first-order chi connectivity index (χ1) is 13.2. The van der Waals surface area contributed by atoms with Gasteiger partial charge in [-0.1, -0.05) is 0 Å². The Kier molecular flexibility index (Phi) is 5.04. The van der Waals surface area contributed by atoms with Crippen molar-refractivity contribution in [2.75, 3.05) is 6.61 Å². The van der Waals surface area contributed by atoms with E-state index in [1.54, 1.807) is 6.92 Å². The summed E-state index contributed by atoms with van der Waals surface area (Å²) in [5.41, 5.74) is 0.295. The molecular weight excluding hydrogens is 389 g/mol. The van der Waals surface area contributed by atoms with Crippen LogP contribution < -0.4 is 4.74 Å². The Balaban J connectivity index is 1.93. The highest BCUT2D eigenvalue weighted by molar-refractivity contribution is 5.99. The van der Waals surface area contributed by atoms with Gasteiger partial charge >= 0.3 is 11.9 Å². The van der Waals surface area contributed by atoms with Gasteiger partial charge in [-0.15, -0.1) is 0 Å². The number of aromatic amines is 1. The largest absolute Gasteiger partial charge is 0.461 e. The van der Waals surface area contributed by atoms with Crippen molar-refractivity contribution in [3.63, 3.8) is 0 Å². The van der Waals surface area contributed by atoms with Crippen LogP contribution in [-0.2, 0) is 4.74 Å². The van der Waals surface area contributed by atoms with Crippen molar-refractivity contribution in [3.8, 4) is 5.75 Å². The zero-order chi connectivity index (χ0) is 20.6. The molecule has 0 amide bonds. The van der Waals surface area contributed by atoms with Gasteiger partial charge in [0.1, 0.15) is 5.69 Å². The van der Waals surface area contributed by atoms with E-state index in [1.165, 1.54) is 24.3 Å². The second kappa shape index (κ2) is 7.29. The molecule has 0 bridgehead atoms. The molecule has 146 valence electrons. The standard InChI is InChI=1S/C18H10F5NO4/c1-2-27-18(26)10-6-8-5-7(3-4-9(8)24-10)17(25)28-16-14(22)12(20)11(19)13(21)15(16)23/h3-6,24H,2H2,1H3. The lowest BCUT2D eigenvalue weighted by Crippen LogP contribution is -2.13. The lowest BCUT2D eigenvalue weighted by atomic mass is 10.1. The predicted octanol–water partition coefficient (Wildman–Crippen LogP) is 4.26. The number of benzene rings is 2. The molecule has 28 heavy (non-hydrogen) atoms. The predicted molar refractivity (Wildman–Crippen MR) is 85.4 cm³/mol. The topological polar surface area (TPSA) is 68.4 Å². The maximum absolute atomic E-state index is 13.6. The molecule has 0 radical (unpaired) electrons. The lowest BCUT2D eigenvalue weighted by Gasteiger charge is -2.09. The number of esters is 2. The van der Waals surface area contributed by atoms with Crippen LogP contribution in [0, 0.1) is 29.1 Å². The molecule has 0 unspecified atom stereocenters. The number of aromatic nitrogens is 1. The summed E-state index contributed by atoms with van der Waals surface area (Å²) >= 11 is 0. The molecule has 1 aromatic heterocycles. The first-order valence-corrected chi connectivity index (χ1v) is 7.78. The van der Waals surface area contributed by atoms with Gasteiger partial charge in [0, 0.05) is 10.9 Å². The maximum atomic E-state index is 13.6. The van der Waals surface area contributed by atoms with Crippen molar-refractivity contribution in [2.24, 2.45) is 0 Å². The van der Waals surface area contributed by atoms with E-state index < -0.39 is 46.8 Å². The fourth-order valence-electron chi connectivity index (χ4n) is 2.40. The molecule has 0 aliphatic rings. The van der Waals surface area contributed by atoms with Crippen molar-refractivity contribution in [1.29, 1.82) is 0 Å². The van der Waals surface area contributed by atoms with Gasteiger partial charge in [0.15, 0.2) is 0 Å². The molecule has 0 spiro atoms. The third kappa shape index (κ3) is 3.28. The fraction of sp³-hybridized carbons (Fsp3) is 0.111. The highest BCUT2D eigenvalue weighted by atomic mass is 19.2. The van der Waals surface area contributed by atoms with E-state index in [0.717, 1.165) is 0 Å². The smallest absolute Gasteiger partial charge is 0.354 e.